The molecule has 0 radical (unpaired) electrons. The van der Waals surface area contributed by atoms with Gasteiger partial charge in [-0.25, -0.2) is 0 Å². The zero-order chi connectivity index (χ0) is 10.9. The summed E-state index contributed by atoms with van der Waals surface area (Å²) in [5.41, 5.74) is -3.47. The van der Waals surface area contributed by atoms with Gasteiger partial charge in [0, 0.05) is 4.90 Å². The molecule has 0 amide bonds. The van der Waals surface area contributed by atoms with Crippen LogP contribution in [0.25, 0.3) is 10.8 Å². The van der Waals surface area contributed by atoms with Crippen molar-refractivity contribution in [3.05, 3.63) is 42.5 Å². The Kier molecular flexibility index (Phi) is 2.33. The maximum Gasteiger partial charge on any atom is 0.288 e. The fourth-order valence-corrected chi connectivity index (χ4v) is 1.82. The second-order valence-electron chi connectivity index (χ2n) is 2.84. The standard InChI is InChI=1S/C11H8F2S/c12-11(13)14-10-6-5-8-3-1-2-4-9(8)7-10/h1-7,11H/i11D. The van der Waals surface area contributed by atoms with E-state index in [4.69, 9.17) is 1.37 Å². The van der Waals surface area contributed by atoms with Crippen molar-refractivity contribution in [1.29, 1.82) is 0 Å². The summed E-state index contributed by atoms with van der Waals surface area (Å²) >= 11 is 0.249. The van der Waals surface area contributed by atoms with Crippen LogP contribution in [-0.4, -0.2) is 5.73 Å². The molecule has 0 unspecified atom stereocenters. The number of alkyl halides is 2. The predicted octanol–water partition coefficient (Wildman–Crippen LogP) is 4.15. The van der Waals surface area contributed by atoms with Gasteiger partial charge in [-0.1, -0.05) is 42.1 Å². The summed E-state index contributed by atoms with van der Waals surface area (Å²) in [4.78, 5) is 0.411. The predicted molar refractivity (Wildman–Crippen MR) is 55.8 cm³/mol. The third kappa shape index (κ3) is 2.04. The van der Waals surface area contributed by atoms with E-state index in [-0.39, 0.29) is 11.8 Å². The maximum atomic E-state index is 12.4. The molecule has 0 saturated heterocycles. The number of fused-ring (bicyclic) bond motifs is 1. The van der Waals surface area contributed by atoms with Crippen molar-refractivity contribution in [3.8, 4) is 0 Å². The van der Waals surface area contributed by atoms with E-state index in [1.54, 1.807) is 18.2 Å². The largest absolute Gasteiger partial charge is 0.288 e. The van der Waals surface area contributed by atoms with Crippen LogP contribution in [0, 0.1) is 0 Å². The number of hydrogen-bond donors (Lipinski definition) is 0. The molecule has 0 spiro atoms. The highest BCUT2D eigenvalue weighted by Crippen LogP contribution is 2.27. The Morgan fingerprint density at radius 3 is 2.50 bits per heavy atom. The highest BCUT2D eigenvalue weighted by Gasteiger charge is 2.04. The smallest absolute Gasteiger partial charge is 0.198 e. The quantitative estimate of drug-likeness (QED) is 0.672. The Labute approximate surface area is 86.3 Å². The molecule has 2 rings (SSSR count). The molecule has 0 aromatic heterocycles. The van der Waals surface area contributed by atoms with Gasteiger partial charge in [-0.15, -0.1) is 0 Å². The Bertz CT molecular complexity index is 479. The van der Waals surface area contributed by atoms with Crippen molar-refractivity contribution in [3.63, 3.8) is 0 Å². The van der Waals surface area contributed by atoms with Gasteiger partial charge in [-0.05, 0) is 22.9 Å². The molecule has 0 N–H and O–H groups in total. The minimum absolute atomic E-state index is 0.249. The highest BCUT2D eigenvalue weighted by atomic mass is 32.2. The Hall–Kier alpha value is -1.09. The highest BCUT2D eigenvalue weighted by molar-refractivity contribution is 7.99. The summed E-state index contributed by atoms with van der Waals surface area (Å²) < 4.78 is 31.4. The van der Waals surface area contributed by atoms with E-state index in [9.17, 15) is 8.78 Å². The van der Waals surface area contributed by atoms with Gasteiger partial charge in [-0.2, -0.15) is 8.78 Å². The van der Waals surface area contributed by atoms with Gasteiger partial charge >= 0.3 is 0 Å². The monoisotopic (exact) mass is 211 g/mol. The van der Waals surface area contributed by atoms with E-state index in [0.717, 1.165) is 10.8 Å². The van der Waals surface area contributed by atoms with Crippen LogP contribution in [0.4, 0.5) is 8.78 Å². The summed E-state index contributed by atoms with van der Waals surface area (Å²) in [6, 6.07) is 12.6. The molecule has 0 aliphatic rings. The van der Waals surface area contributed by atoms with E-state index in [0.29, 0.717) is 4.90 Å². The Balaban J connectivity index is 2.39. The normalized spacial score (nSPS) is 12.9. The Morgan fingerprint density at radius 2 is 1.79 bits per heavy atom. The van der Waals surface area contributed by atoms with Crippen LogP contribution in [0.3, 0.4) is 0 Å². The maximum absolute atomic E-state index is 12.4. The molecule has 3 heteroatoms. The first kappa shape index (κ1) is 8.24. The minimum atomic E-state index is -3.47. The average Bonchev–Trinajstić information content (AvgIpc) is 2.15. The van der Waals surface area contributed by atoms with E-state index in [1.165, 1.54) is 0 Å². The summed E-state index contributed by atoms with van der Waals surface area (Å²) in [7, 11) is 0. The molecule has 0 nitrogen and oxygen atoms in total. The Morgan fingerprint density at radius 1 is 1.07 bits per heavy atom. The molecule has 0 heterocycles. The van der Waals surface area contributed by atoms with Gasteiger partial charge in [0.1, 0.15) is 1.37 Å². The van der Waals surface area contributed by atoms with Crippen LogP contribution < -0.4 is 0 Å². The first-order chi connectivity index (χ1) is 7.04. The third-order valence-corrected chi connectivity index (χ3v) is 2.56. The van der Waals surface area contributed by atoms with Crippen LogP contribution in [-0.2, 0) is 0 Å². The van der Waals surface area contributed by atoms with Crippen molar-refractivity contribution < 1.29 is 10.2 Å². The van der Waals surface area contributed by atoms with E-state index in [1.807, 2.05) is 24.3 Å². The number of thioether (sulfide) groups is 1. The van der Waals surface area contributed by atoms with Crippen molar-refractivity contribution in [2.45, 2.75) is 10.6 Å². The van der Waals surface area contributed by atoms with Crippen molar-refractivity contribution >= 4 is 22.5 Å². The molecule has 0 aliphatic heterocycles. The first-order valence-corrected chi connectivity index (χ1v) is 4.92. The second kappa shape index (κ2) is 3.96. The van der Waals surface area contributed by atoms with Crippen molar-refractivity contribution in [2.24, 2.45) is 0 Å². The average molecular weight is 211 g/mol. The van der Waals surface area contributed by atoms with Crippen LogP contribution in [0.2, 0.25) is 0 Å². The fourth-order valence-electron chi connectivity index (χ4n) is 1.32. The molecule has 0 saturated carbocycles. The molecule has 0 fully saturated rings. The summed E-state index contributed by atoms with van der Waals surface area (Å²) in [5, 5.41) is 1.92. The van der Waals surface area contributed by atoms with Gasteiger partial charge in [0.2, 0.25) is 0 Å². The zero-order valence-corrected chi connectivity index (χ0v) is 8.02. The van der Waals surface area contributed by atoms with Crippen molar-refractivity contribution in [2.75, 3.05) is 0 Å². The van der Waals surface area contributed by atoms with Crippen LogP contribution in [0.1, 0.15) is 1.37 Å². The first-order valence-electron chi connectivity index (χ1n) is 4.60. The fraction of sp³-hybridized carbons (Fsp3) is 0.0909. The summed E-state index contributed by atoms with van der Waals surface area (Å²) in [6.45, 7) is 0. The lowest BCUT2D eigenvalue weighted by Crippen LogP contribution is -1.81. The lowest BCUT2D eigenvalue weighted by Gasteiger charge is -2.02. The minimum Gasteiger partial charge on any atom is -0.198 e. The van der Waals surface area contributed by atoms with Gasteiger partial charge in [0.15, 0.2) is 0 Å². The number of benzene rings is 2. The molecule has 0 bridgehead atoms. The lowest BCUT2D eigenvalue weighted by molar-refractivity contribution is 0.252. The second-order valence-corrected chi connectivity index (χ2v) is 3.82. The molecule has 0 atom stereocenters. The third-order valence-electron chi connectivity index (χ3n) is 1.92. The lowest BCUT2D eigenvalue weighted by atomic mass is 10.1. The van der Waals surface area contributed by atoms with Crippen LogP contribution in [0.15, 0.2) is 47.4 Å². The van der Waals surface area contributed by atoms with Gasteiger partial charge in [0.25, 0.3) is 5.73 Å². The SMILES string of the molecule is [2H]C(F)(F)Sc1ccc2ccccc2c1. The molecular weight excluding hydrogens is 202 g/mol. The number of hydrogen-bond acceptors (Lipinski definition) is 1. The number of halogens is 2. The van der Waals surface area contributed by atoms with Gasteiger partial charge in [0.05, 0.1) is 0 Å². The summed E-state index contributed by atoms with van der Waals surface area (Å²) in [6.07, 6.45) is 0. The van der Waals surface area contributed by atoms with Gasteiger partial charge < -0.3 is 0 Å². The van der Waals surface area contributed by atoms with Crippen LogP contribution >= 0.6 is 11.8 Å². The van der Waals surface area contributed by atoms with E-state index < -0.39 is 5.73 Å². The molecule has 2 aromatic rings. The van der Waals surface area contributed by atoms with E-state index in [2.05, 4.69) is 0 Å². The summed E-state index contributed by atoms with van der Waals surface area (Å²) in [5.74, 6) is 0. The zero-order valence-electron chi connectivity index (χ0n) is 8.21. The molecular formula is C11H8F2S. The number of rotatable bonds is 2. The molecule has 14 heavy (non-hydrogen) atoms. The van der Waals surface area contributed by atoms with E-state index >= 15 is 0 Å². The molecule has 0 aliphatic carbocycles. The molecule has 2 aromatic carbocycles. The molecule has 72 valence electrons. The van der Waals surface area contributed by atoms with Gasteiger partial charge in [-0.3, -0.25) is 0 Å². The topological polar surface area (TPSA) is 0 Å². The van der Waals surface area contributed by atoms with Crippen molar-refractivity contribution in [1.82, 2.24) is 0 Å². The van der Waals surface area contributed by atoms with Crippen LogP contribution in [0.5, 0.6) is 0 Å².